The summed E-state index contributed by atoms with van der Waals surface area (Å²) in [5.41, 5.74) is 3.42. The third kappa shape index (κ3) is 7.55. The van der Waals surface area contributed by atoms with Crippen LogP contribution in [0.4, 0.5) is 0 Å². The van der Waals surface area contributed by atoms with Crippen LogP contribution in [0.2, 0.25) is 0 Å². The number of carbonyl (C=O) groups is 1. The minimum absolute atomic E-state index is 0. The second-order valence-corrected chi connectivity index (χ2v) is 9.12. The van der Waals surface area contributed by atoms with Crippen LogP contribution in [0, 0.1) is 0 Å². The van der Waals surface area contributed by atoms with Crippen molar-refractivity contribution >= 4 is 27.9 Å². The molecule has 4 nitrogen and oxygen atoms in total. The lowest BCUT2D eigenvalue weighted by Gasteiger charge is -2.40. The Bertz CT molecular complexity index is 847. The number of benzene rings is 2. The fourth-order valence-corrected chi connectivity index (χ4v) is 4.19. The molecule has 2 aromatic carbocycles. The third-order valence-corrected chi connectivity index (χ3v) is 6.03. The van der Waals surface area contributed by atoms with E-state index >= 15 is 0 Å². The van der Waals surface area contributed by atoms with E-state index in [-0.39, 0.29) is 18.3 Å². The Morgan fingerprint density at radius 2 is 1.80 bits per heavy atom. The average molecular weight is 494 g/mol. The van der Waals surface area contributed by atoms with E-state index in [2.05, 4.69) is 59.6 Å². The molecule has 0 atom stereocenters. The van der Waals surface area contributed by atoms with Gasteiger partial charge >= 0.3 is 0 Å². The molecule has 1 aliphatic heterocycles. The summed E-state index contributed by atoms with van der Waals surface area (Å²) in [7, 11) is 4.61. The van der Waals surface area contributed by atoms with Crippen LogP contribution < -0.4 is 17.7 Å². The number of carbonyl (C=O) groups excluding carboxylic acids is 1. The molecule has 1 heterocycles. The highest BCUT2D eigenvalue weighted by atomic mass is 79.9. The molecule has 2 aromatic rings. The molecule has 0 saturated carbocycles. The maximum Gasteiger partial charge on any atom is 0.244 e. The zero-order valence-electron chi connectivity index (χ0n) is 17.6. The van der Waals surface area contributed by atoms with Crippen molar-refractivity contribution in [2.75, 3.05) is 27.3 Å². The fraction of sp³-hybridized carbons (Fsp3) is 0.375. The average Bonchev–Trinajstić information content (AvgIpc) is 2.72. The van der Waals surface area contributed by atoms with Crippen LogP contribution in [-0.2, 0) is 22.6 Å². The van der Waals surface area contributed by atoms with Gasteiger partial charge in [0.25, 0.3) is 0 Å². The van der Waals surface area contributed by atoms with Gasteiger partial charge in [-0.2, -0.15) is 0 Å². The van der Waals surface area contributed by atoms with Gasteiger partial charge in [0, 0.05) is 35.5 Å². The molecule has 162 valence electrons. The fourth-order valence-electron chi connectivity index (χ4n) is 3.78. The van der Waals surface area contributed by atoms with Gasteiger partial charge in [0.05, 0.1) is 33.4 Å². The van der Waals surface area contributed by atoms with Gasteiger partial charge in [-0.05, 0) is 29.3 Å². The molecule has 1 N–H and O–H groups in total. The maximum absolute atomic E-state index is 12.1. The zero-order valence-corrected chi connectivity index (χ0v) is 20.0. The molecule has 0 spiro atoms. The summed E-state index contributed by atoms with van der Waals surface area (Å²) in [5, 5.41) is 2.95. The summed E-state index contributed by atoms with van der Waals surface area (Å²) < 4.78 is 7.49. The van der Waals surface area contributed by atoms with Gasteiger partial charge in [0.1, 0.15) is 6.54 Å². The van der Waals surface area contributed by atoms with E-state index in [1.165, 1.54) is 5.56 Å². The van der Waals surface area contributed by atoms with Crippen molar-refractivity contribution < 1.29 is 26.4 Å². The molecule has 1 saturated heterocycles. The van der Waals surface area contributed by atoms with Crippen molar-refractivity contribution in [2.24, 2.45) is 0 Å². The van der Waals surface area contributed by atoms with E-state index in [0.717, 1.165) is 52.7 Å². The number of nitrogens with zero attached hydrogens (tertiary/aromatic N) is 1. The summed E-state index contributed by atoms with van der Waals surface area (Å²) >= 11 is 3.44. The normalized spacial score (nSPS) is 15.0. The molecule has 0 unspecified atom stereocenters. The largest absolute Gasteiger partial charge is 1.00 e. The molecule has 0 bridgehead atoms. The number of quaternary nitrogens is 1. The molecule has 1 fully saturated rings. The number of amides is 1. The third-order valence-electron chi connectivity index (χ3n) is 5.53. The number of nitrogens with one attached hydrogen (secondary N) is 1. The van der Waals surface area contributed by atoms with Gasteiger partial charge < -0.3 is 26.9 Å². The van der Waals surface area contributed by atoms with Crippen molar-refractivity contribution in [2.45, 2.75) is 32.0 Å². The highest BCUT2D eigenvalue weighted by Crippen LogP contribution is 2.22. The van der Waals surface area contributed by atoms with Gasteiger partial charge in [-0.15, -0.1) is 0 Å². The van der Waals surface area contributed by atoms with Gasteiger partial charge in [0.15, 0.2) is 0 Å². The van der Waals surface area contributed by atoms with Crippen LogP contribution in [0.5, 0.6) is 0 Å². The van der Waals surface area contributed by atoms with Crippen LogP contribution in [-0.4, -0.2) is 43.7 Å². The second-order valence-electron chi connectivity index (χ2n) is 8.20. The molecular formula is C24H30BrClN2O2. The summed E-state index contributed by atoms with van der Waals surface area (Å²) in [6.45, 7) is 3.29. The highest BCUT2D eigenvalue weighted by molar-refractivity contribution is 9.10. The summed E-state index contributed by atoms with van der Waals surface area (Å²) in [6.07, 6.45) is 5.65. The van der Waals surface area contributed by atoms with E-state index in [1.807, 2.05) is 30.3 Å². The van der Waals surface area contributed by atoms with E-state index in [4.69, 9.17) is 4.74 Å². The topological polar surface area (TPSA) is 38.3 Å². The number of hydrogen-bond acceptors (Lipinski definition) is 2. The molecule has 1 amide bonds. The minimum Gasteiger partial charge on any atom is -1.00 e. The van der Waals surface area contributed by atoms with Crippen LogP contribution in [0.15, 0.2) is 59.1 Å². The molecule has 30 heavy (non-hydrogen) atoms. The number of halogens is 2. The SMILES string of the molecule is C[N+](C)(Cc1ccc(CNC(=O)/C=C/c2cccc(Br)c2)cc1)C1CCOCC1.[Cl-]. The Morgan fingerprint density at radius 3 is 2.47 bits per heavy atom. The monoisotopic (exact) mass is 492 g/mol. The molecule has 1 aliphatic rings. The molecule has 6 heteroatoms. The summed E-state index contributed by atoms with van der Waals surface area (Å²) in [5.74, 6) is -0.0913. The van der Waals surface area contributed by atoms with E-state index < -0.39 is 0 Å². The van der Waals surface area contributed by atoms with Crippen LogP contribution >= 0.6 is 15.9 Å². The smallest absolute Gasteiger partial charge is 0.244 e. The van der Waals surface area contributed by atoms with Crippen LogP contribution in [0.3, 0.4) is 0 Å². The summed E-state index contributed by atoms with van der Waals surface area (Å²) in [6, 6.07) is 17.1. The first kappa shape index (κ1) is 24.6. The molecule has 0 aromatic heterocycles. The predicted octanol–water partition coefficient (Wildman–Crippen LogP) is 1.54. The predicted molar refractivity (Wildman–Crippen MR) is 121 cm³/mol. The lowest BCUT2D eigenvalue weighted by atomic mass is 10.0. The quantitative estimate of drug-likeness (QED) is 0.469. The minimum atomic E-state index is -0.0913. The van der Waals surface area contributed by atoms with E-state index in [0.29, 0.717) is 12.6 Å². The second kappa shape index (κ2) is 11.7. The number of hydrogen-bond donors (Lipinski definition) is 1. The Hall–Kier alpha value is -1.66. The van der Waals surface area contributed by atoms with Crippen molar-refractivity contribution in [1.82, 2.24) is 5.32 Å². The van der Waals surface area contributed by atoms with Gasteiger partial charge in [0.2, 0.25) is 5.91 Å². The number of ether oxygens (including phenoxy) is 1. The highest BCUT2D eigenvalue weighted by Gasteiger charge is 2.30. The summed E-state index contributed by atoms with van der Waals surface area (Å²) in [4.78, 5) is 12.1. The lowest BCUT2D eigenvalue weighted by Crippen LogP contribution is -3.00. The molecule has 0 radical (unpaired) electrons. The first-order chi connectivity index (χ1) is 13.9. The molecule has 0 aliphatic carbocycles. The zero-order chi connectivity index (χ0) is 20.7. The Morgan fingerprint density at radius 1 is 1.13 bits per heavy atom. The lowest BCUT2D eigenvalue weighted by molar-refractivity contribution is -0.929. The van der Waals surface area contributed by atoms with Crippen LogP contribution in [0.25, 0.3) is 6.08 Å². The van der Waals surface area contributed by atoms with Crippen molar-refractivity contribution in [1.29, 1.82) is 0 Å². The standard InChI is InChI=1S/C24H29BrN2O2.ClH/c1-27(2,23-12-14-29-15-13-23)18-21-8-6-20(7-9-21)17-26-24(28)11-10-19-4-3-5-22(25)16-19;/h3-11,16,23H,12-15,17-18H2,1-2H3;1H/b11-10+;. The van der Waals surface area contributed by atoms with Gasteiger partial charge in [-0.25, -0.2) is 0 Å². The number of rotatable bonds is 7. The van der Waals surface area contributed by atoms with E-state index in [1.54, 1.807) is 6.08 Å². The first-order valence-corrected chi connectivity index (χ1v) is 10.9. The van der Waals surface area contributed by atoms with Gasteiger partial charge in [-0.1, -0.05) is 52.3 Å². The van der Waals surface area contributed by atoms with Crippen LogP contribution in [0.1, 0.15) is 29.5 Å². The molecule has 3 rings (SSSR count). The maximum atomic E-state index is 12.1. The molecular weight excluding hydrogens is 464 g/mol. The van der Waals surface area contributed by atoms with Crippen molar-refractivity contribution in [3.8, 4) is 0 Å². The van der Waals surface area contributed by atoms with Crippen molar-refractivity contribution in [3.63, 3.8) is 0 Å². The Labute approximate surface area is 194 Å². The van der Waals surface area contributed by atoms with E-state index in [9.17, 15) is 4.79 Å². The Balaban J connectivity index is 0.00000320. The van der Waals surface area contributed by atoms with Gasteiger partial charge in [-0.3, -0.25) is 4.79 Å². The first-order valence-electron chi connectivity index (χ1n) is 10.1. The Kier molecular flexibility index (Phi) is 9.56. The van der Waals surface area contributed by atoms with Crippen molar-refractivity contribution in [3.05, 3.63) is 75.8 Å².